The molecule has 2 aromatic carbocycles. The fourth-order valence-electron chi connectivity index (χ4n) is 2.12. The Balaban J connectivity index is 2.20. The van der Waals surface area contributed by atoms with Crippen molar-refractivity contribution in [3.8, 4) is 5.75 Å². The topological polar surface area (TPSA) is 61.4 Å². The van der Waals surface area contributed by atoms with E-state index in [0.29, 0.717) is 10.7 Å². The van der Waals surface area contributed by atoms with E-state index >= 15 is 0 Å². The summed E-state index contributed by atoms with van der Waals surface area (Å²) in [5, 5.41) is 16.3. The van der Waals surface area contributed by atoms with Crippen LogP contribution in [0.15, 0.2) is 30.3 Å². The average Bonchev–Trinajstić information content (AvgIpc) is 2.50. The van der Waals surface area contributed by atoms with Crippen LogP contribution in [0.5, 0.6) is 5.75 Å². The maximum atomic E-state index is 12.3. The fraction of sp³-hybridized carbons (Fsp3) is 0.222. The molecule has 0 fully saturated rings. The molecule has 0 aliphatic heterocycles. The van der Waals surface area contributed by atoms with Crippen LogP contribution in [0.25, 0.3) is 0 Å². The molecule has 0 aliphatic carbocycles. The highest BCUT2D eigenvalue weighted by Crippen LogP contribution is 2.37. The second kappa shape index (κ2) is 8.01. The highest BCUT2D eigenvalue weighted by Gasteiger charge is 2.19. The van der Waals surface area contributed by atoms with Gasteiger partial charge in [0.1, 0.15) is 0 Å². The van der Waals surface area contributed by atoms with Gasteiger partial charge in [0.25, 0.3) is 5.91 Å². The van der Waals surface area contributed by atoms with Crippen LogP contribution in [0.1, 0.15) is 36.7 Å². The van der Waals surface area contributed by atoms with Crippen LogP contribution in [0, 0.1) is 0 Å². The number of halogens is 3. The molecule has 26 heavy (non-hydrogen) atoms. The minimum atomic E-state index is -0.498. The minimum Gasteiger partial charge on any atom is -0.504 e. The summed E-state index contributed by atoms with van der Waals surface area (Å²) in [5.74, 6) is -0.650. The van der Waals surface area contributed by atoms with Crippen molar-refractivity contribution in [2.24, 2.45) is 0 Å². The highest BCUT2D eigenvalue weighted by molar-refractivity contribution is 7.80. The molecule has 2 aromatic rings. The summed E-state index contributed by atoms with van der Waals surface area (Å²) in [6, 6.07) is 7.94. The number of benzene rings is 2. The number of thiocarbonyl (C=S) groups is 1. The fourth-order valence-corrected chi connectivity index (χ4v) is 3.04. The molecule has 0 saturated heterocycles. The first kappa shape index (κ1) is 20.8. The van der Waals surface area contributed by atoms with E-state index in [4.69, 9.17) is 47.0 Å². The van der Waals surface area contributed by atoms with Crippen LogP contribution in [0.4, 0.5) is 5.69 Å². The van der Waals surface area contributed by atoms with Gasteiger partial charge < -0.3 is 10.4 Å². The summed E-state index contributed by atoms with van der Waals surface area (Å²) in [6.07, 6.45) is 0. The average molecular weight is 432 g/mol. The van der Waals surface area contributed by atoms with Crippen molar-refractivity contribution < 1.29 is 9.90 Å². The molecule has 0 unspecified atom stereocenters. The lowest BCUT2D eigenvalue weighted by Gasteiger charge is -2.21. The number of rotatable bonds is 2. The molecule has 138 valence electrons. The summed E-state index contributed by atoms with van der Waals surface area (Å²) < 4.78 is 0. The van der Waals surface area contributed by atoms with E-state index in [1.165, 1.54) is 12.1 Å². The molecule has 8 heteroatoms. The first-order valence-electron chi connectivity index (χ1n) is 7.59. The normalized spacial score (nSPS) is 11.2. The van der Waals surface area contributed by atoms with E-state index in [9.17, 15) is 9.90 Å². The predicted octanol–water partition coefficient (Wildman–Crippen LogP) is 5.78. The quantitative estimate of drug-likeness (QED) is 0.417. The van der Waals surface area contributed by atoms with Crippen molar-refractivity contribution in [3.05, 3.63) is 56.5 Å². The van der Waals surface area contributed by atoms with Crippen molar-refractivity contribution in [1.82, 2.24) is 5.32 Å². The summed E-state index contributed by atoms with van der Waals surface area (Å²) in [6.45, 7) is 6.05. The molecule has 0 spiro atoms. The number of hydrogen-bond donors (Lipinski definition) is 3. The lowest BCUT2D eigenvalue weighted by atomic mass is 9.87. The van der Waals surface area contributed by atoms with Crippen molar-refractivity contribution in [2.75, 3.05) is 5.32 Å². The van der Waals surface area contributed by atoms with Crippen LogP contribution in [0.3, 0.4) is 0 Å². The molecule has 2 rings (SSSR count). The summed E-state index contributed by atoms with van der Waals surface area (Å²) in [7, 11) is 0. The van der Waals surface area contributed by atoms with Gasteiger partial charge in [-0.1, -0.05) is 55.6 Å². The number of carbonyl (C=O) groups is 1. The molecular formula is C18H17Cl3N2O2S. The molecule has 0 bridgehead atoms. The lowest BCUT2D eigenvalue weighted by molar-refractivity contribution is 0.0978. The zero-order valence-corrected chi connectivity index (χ0v) is 17.4. The molecular weight excluding hydrogens is 415 g/mol. The van der Waals surface area contributed by atoms with E-state index in [-0.39, 0.29) is 31.9 Å². The van der Waals surface area contributed by atoms with Crippen molar-refractivity contribution in [1.29, 1.82) is 0 Å². The van der Waals surface area contributed by atoms with Crippen molar-refractivity contribution in [2.45, 2.75) is 26.2 Å². The number of nitrogens with one attached hydrogen (secondary N) is 2. The monoisotopic (exact) mass is 430 g/mol. The summed E-state index contributed by atoms with van der Waals surface area (Å²) in [5.41, 5.74) is 1.24. The van der Waals surface area contributed by atoms with Gasteiger partial charge in [-0.2, -0.15) is 0 Å². The molecule has 0 radical (unpaired) electrons. The van der Waals surface area contributed by atoms with E-state index in [1.54, 1.807) is 18.2 Å². The SMILES string of the molecule is CC(C)(C)c1cc(Cl)c(O)c(NC(=S)NC(=O)c2ccc(Cl)cc2Cl)c1. The standard InChI is InChI=1S/C18H17Cl3N2O2S/c1-18(2,3)9-6-13(21)15(24)14(7-9)22-17(26)23-16(25)11-5-4-10(19)8-12(11)20/h4-8,24H,1-3H3,(H2,22,23,25,26). The molecule has 0 atom stereocenters. The molecule has 3 N–H and O–H groups in total. The Morgan fingerprint density at radius 3 is 2.31 bits per heavy atom. The highest BCUT2D eigenvalue weighted by atomic mass is 35.5. The van der Waals surface area contributed by atoms with Crippen LogP contribution >= 0.6 is 47.0 Å². The van der Waals surface area contributed by atoms with E-state index in [2.05, 4.69) is 10.6 Å². The van der Waals surface area contributed by atoms with Gasteiger partial charge in [-0.3, -0.25) is 10.1 Å². The third-order valence-electron chi connectivity index (χ3n) is 3.58. The Bertz CT molecular complexity index is 879. The smallest absolute Gasteiger partial charge is 0.258 e. The number of anilines is 1. The van der Waals surface area contributed by atoms with Crippen molar-refractivity contribution in [3.63, 3.8) is 0 Å². The van der Waals surface area contributed by atoms with E-state index < -0.39 is 5.91 Å². The minimum absolute atomic E-state index is 0.00144. The van der Waals surface area contributed by atoms with E-state index in [1.807, 2.05) is 20.8 Å². The number of amides is 1. The van der Waals surface area contributed by atoms with Gasteiger partial charge in [-0.15, -0.1) is 0 Å². The maximum absolute atomic E-state index is 12.3. The third-order valence-corrected chi connectivity index (χ3v) is 4.62. The maximum Gasteiger partial charge on any atom is 0.258 e. The van der Waals surface area contributed by atoms with Crippen LogP contribution in [-0.4, -0.2) is 16.1 Å². The van der Waals surface area contributed by atoms with Gasteiger partial charge in [0.2, 0.25) is 0 Å². The van der Waals surface area contributed by atoms with Crippen LogP contribution in [-0.2, 0) is 5.41 Å². The second-order valence-electron chi connectivity index (χ2n) is 6.64. The first-order valence-corrected chi connectivity index (χ1v) is 9.13. The van der Waals surface area contributed by atoms with Gasteiger partial charge in [0.05, 0.1) is 21.3 Å². The van der Waals surface area contributed by atoms with Gasteiger partial charge in [0, 0.05) is 5.02 Å². The molecule has 0 aliphatic rings. The largest absolute Gasteiger partial charge is 0.504 e. The first-order chi connectivity index (χ1) is 12.0. The Morgan fingerprint density at radius 2 is 1.73 bits per heavy atom. The van der Waals surface area contributed by atoms with Crippen LogP contribution in [0.2, 0.25) is 15.1 Å². The molecule has 0 saturated carbocycles. The Kier molecular flexibility index (Phi) is 6.40. The third kappa shape index (κ3) is 5.01. The van der Waals surface area contributed by atoms with Gasteiger partial charge in [-0.05, 0) is 53.5 Å². The molecule has 0 aromatic heterocycles. The number of phenolic OH excluding ortho intramolecular Hbond substituents is 1. The Labute approximate surface area is 172 Å². The zero-order valence-electron chi connectivity index (χ0n) is 14.3. The predicted molar refractivity (Wildman–Crippen MR) is 112 cm³/mol. The number of aromatic hydroxyl groups is 1. The second-order valence-corrected chi connectivity index (χ2v) is 8.30. The lowest BCUT2D eigenvalue weighted by Crippen LogP contribution is -2.34. The Morgan fingerprint density at radius 1 is 1.08 bits per heavy atom. The molecule has 4 nitrogen and oxygen atoms in total. The molecule has 1 amide bonds. The van der Waals surface area contributed by atoms with Gasteiger partial charge in [0.15, 0.2) is 10.9 Å². The Hall–Kier alpha value is -1.53. The van der Waals surface area contributed by atoms with Crippen LogP contribution < -0.4 is 10.6 Å². The van der Waals surface area contributed by atoms with E-state index in [0.717, 1.165) is 5.56 Å². The number of hydrogen-bond acceptors (Lipinski definition) is 3. The van der Waals surface area contributed by atoms with Crippen molar-refractivity contribution >= 4 is 63.7 Å². The summed E-state index contributed by atoms with van der Waals surface area (Å²) in [4.78, 5) is 12.3. The number of carbonyl (C=O) groups excluding carboxylic acids is 1. The van der Waals surface area contributed by atoms with Gasteiger partial charge >= 0.3 is 0 Å². The molecule has 0 heterocycles. The summed E-state index contributed by atoms with van der Waals surface area (Å²) >= 11 is 23.1. The number of phenols is 1. The zero-order chi connectivity index (χ0) is 19.6. The van der Waals surface area contributed by atoms with Gasteiger partial charge in [-0.25, -0.2) is 0 Å².